The first-order chi connectivity index (χ1) is 13.3. The Morgan fingerprint density at radius 1 is 0.926 bits per heavy atom. The molecular weight excluding hydrogens is 338 g/mol. The number of amides is 2. The highest BCUT2D eigenvalue weighted by atomic mass is 16.5. The van der Waals surface area contributed by atoms with E-state index in [2.05, 4.69) is 45.9 Å². The Morgan fingerprint density at radius 3 is 2.41 bits per heavy atom. The minimum atomic E-state index is -0.107. The van der Waals surface area contributed by atoms with E-state index >= 15 is 0 Å². The van der Waals surface area contributed by atoms with Crippen molar-refractivity contribution in [1.29, 1.82) is 0 Å². The molecule has 3 rings (SSSR count). The van der Waals surface area contributed by atoms with E-state index in [-0.39, 0.29) is 6.03 Å². The van der Waals surface area contributed by atoms with Crippen LogP contribution in [0, 0.1) is 0 Å². The van der Waals surface area contributed by atoms with E-state index in [0.717, 1.165) is 45.7 Å². The second kappa shape index (κ2) is 10.7. The number of hydrogen-bond acceptors (Lipinski definition) is 3. The van der Waals surface area contributed by atoms with Crippen molar-refractivity contribution in [2.75, 3.05) is 32.8 Å². The van der Waals surface area contributed by atoms with Crippen LogP contribution in [-0.2, 0) is 24.2 Å². The fourth-order valence-corrected chi connectivity index (χ4v) is 3.26. The number of carbonyl (C=O) groups excluding carboxylic acids is 1. The van der Waals surface area contributed by atoms with Crippen LogP contribution < -0.4 is 10.6 Å². The Hall–Kier alpha value is -2.37. The molecule has 2 aromatic carbocycles. The van der Waals surface area contributed by atoms with Crippen molar-refractivity contribution in [3.8, 4) is 0 Å². The minimum absolute atomic E-state index is 0.107. The van der Waals surface area contributed by atoms with Gasteiger partial charge in [0.25, 0.3) is 0 Å². The SMILES string of the molecule is O=C(NCCCc1ccccc1)NCc1ccccc1CN1CCOCC1. The maximum absolute atomic E-state index is 12.1. The molecule has 27 heavy (non-hydrogen) atoms. The normalized spacial score (nSPS) is 14.7. The third-order valence-corrected chi connectivity index (χ3v) is 4.83. The predicted octanol–water partition coefficient (Wildman–Crippen LogP) is 2.95. The topological polar surface area (TPSA) is 53.6 Å². The number of carbonyl (C=O) groups is 1. The van der Waals surface area contributed by atoms with Gasteiger partial charge in [0, 0.05) is 32.7 Å². The summed E-state index contributed by atoms with van der Waals surface area (Å²) in [5.41, 5.74) is 3.74. The monoisotopic (exact) mass is 367 g/mol. The van der Waals surface area contributed by atoms with Gasteiger partial charge in [-0.05, 0) is 29.5 Å². The number of rotatable bonds is 8. The molecule has 144 valence electrons. The van der Waals surface area contributed by atoms with Crippen molar-refractivity contribution < 1.29 is 9.53 Å². The van der Waals surface area contributed by atoms with Gasteiger partial charge >= 0.3 is 6.03 Å². The van der Waals surface area contributed by atoms with Crippen LogP contribution in [-0.4, -0.2) is 43.8 Å². The van der Waals surface area contributed by atoms with E-state index in [9.17, 15) is 4.79 Å². The summed E-state index contributed by atoms with van der Waals surface area (Å²) >= 11 is 0. The fraction of sp³-hybridized carbons (Fsp3) is 0.409. The summed E-state index contributed by atoms with van der Waals surface area (Å²) < 4.78 is 5.41. The molecule has 2 amide bonds. The summed E-state index contributed by atoms with van der Waals surface area (Å²) in [6.45, 7) is 5.64. The molecule has 5 nitrogen and oxygen atoms in total. The lowest BCUT2D eigenvalue weighted by Crippen LogP contribution is -2.37. The van der Waals surface area contributed by atoms with Gasteiger partial charge in [-0.1, -0.05) is 54.6 Å². The molecule has 1 heterocycles. The zero-order chi connectivity index (χ0) is 18.7. The van der Waals surface area contributed by atoms with Crippen LogP contribution in [0.3, 0.4) is 0 Å². The highest BCUT2D eigenvalue weighted by Crippen LogP contribution is 2.13. The number of aryl methyl sites for hydroxylation is 1. The van der Waals surface area contributed by atoms with Crippen LogP contribution in [0.5, 0.6) is 0 Å². The first-order valence-corrected chi connectivity index (χ1v) is 9.74. The van der Waals surface area contributed by atoms with Crippen LogP contribution in [0.25, 0.3) is 0 Å². The maximum Gasteiger partial charge on any atom is 0.315 e. The quantitative estimate of drug-likeness (QED) is 0.706. The molecule has 0 radical (unpaired) electrons. The van der Waals surface area contributed by atoms with Gasteiger partial charge in [0.1, 0.15) is 0 Å². The van der Waals surface area contributed by atoms with E-state index in [1.165, 1.54) is 16.7 Å². The van der Waals surface area contributed by atoms with E-state index in [1.807, 2.05) is 24.3 Å². The molecular formula is C22H29N3O2. The van der Waals surface area contributed by atoms with Gasteiger partial charge < -0.3 is 15.4 Å². The Balaban J connectivity index is 1.39. The second-order valence-corrected chi connectivity index (χ2v) is 6.86. The number of ether oxygens (including phenoxy) is 1. The number of nitrogens with one attached hydrogen (secondary N) is 2. The molecule has 2 N–H and O–H groups in total. The lowest BCUT2D eigenvalue weighted by molar-refractivity contribution is 0.0341. The third kappa shape index (κ3) is 6.70. The fourth-order valence-electron chi connectivity index (χ4n) is 3.26. The van der Waals surface area contributed by atoms with Gasteiger partial charge in [-0.15, -0.1) is 0 Å². The molecule has 0 aliphatic carbocycles. The van der Waals surface area contributed by atoms with Crippen molar-refractivity contribution in [2.24, 2.45) is 0 Å². The summed E-state index contributed by atoms with van der Waals surface area (Å²) in [7, 11) is 0. The van der Waals surface area contributed by atoms with E-state index < -0.39 is 0 Å². The largest absolute Gasteiger partial charge is 0.379 e. The number of benzene rings is 2. The van der Waals surface area contributed by atoms with E-state index in [0.29, 0.717) is 13.1 Å². The van der Waals surface area contributed by atoms with Crippen molar-refractivity contribution in [3.63, 3.8) is 0 Å². The van der Waals surface area contributed by atoms with Crippen LogP contribution in [0.15, 0.2) is 54.6 Å². The number of urea groups is 1. The molecule has 0 bridgehead atoms. The molecule has 0 aromatic heterocycles. The molecule has 5 heteroatoms. The minimum Gasteiger partial charge on any atom is -0.379 e. The van der Waals surface area contributed by atoms with Gasteiger partial charge in [-0.25, -0.2) is 4.79 Å². The summed E-state index contributed by atoms with van der Waals surface area (Å²) in [4.78, 5) is 14.5. The molecule has 0 unspecified atom stereocenters. The third-order valence-electron chi connectivity index (χ3n) is 4.83. The Bertz CT molecular complexity index is 700. The number of nitrogens with zero attached hydrogens (tertiary/aromatic N) is 1. The van der Waals surface area contributed by atoms with Crippen molar-refractivity contribution in [1.82, 2.24) is 15.5 Å². The first-order valence-electron chi connectivity index (χ1n) is 9.74. The lowest BCUT2D eigenvalue weighted by Gasteiger charge is -2.27. The van der Waals surface area contributed by atoms with Gasteiger partial charge in [-0.3, -0.25) is 4.90 Å². The summed E-state index contributed by atoms with van der Waals surface area (Å²) in [6, 6.07) is 18.6. The van der Waals surface area contributed by atoms with Crippen molar-refractivity contribution in [3.05, 3.63) is 71.3 Å². The number of morpholine rings is 1. The zero-order valence-electron chi connectivity index (χ0n) is 15.8. The van der Waals surface area contributed by atoms with Crippen LogP contribution in [0.2, 0.25) is 0 Å². The van der Waals surface area contributed by atoms with Crippen LogP contribution in [0.4, 0.5) is 4.79 Å². The van der Waals surface area contributed by atoms with Crippen LogP contribution in [0.1, 0.15) is 23.1 Å². The van der Waals surface area contributed by atoms with Crippen LogP contribution >= 0.6 is 0 Å². The molecule has 0 saturated carbocycles. The van der Waals surface area contributed by atoms with E-state index in [4.69, 9.17) is 4.74 Å². The summed E-state index contributed by atoms with van der Waals surface area (Å²) in [5, 5.41) is 5.93. The van der Waals surface area contributed by atoms with Gasteiger partial charge in [0.15, 0.2) is 0 Å². The average molecular weight is 367 g/mol. The Labute approximate surface area is 161 Å². The molecule has 0 atom stereocenters. The molecule has 1 aliphatic heterocycles. The second-order valence-electron chi connectivity index (χ2n) is 6.86. The zero-order valence-corrected chi connectivity index (χ0v) is 15.8. The highest BCUT2D eigenvalue weighted by molar-refractivity contribution is 5.73. The molecule has 2 aromatic rings. The summed E-state index contributed by atoms with van der Waals surface area (Å²) in [5.74, 6) is 0. The van der Waals surface area contributed by atoms with E-state index in [1.54, 1.807) is 0 Å². The predicted molar refractivity (Wildman–Crippen MR) is 108 cm³/mol. The van der Waals surface area contributed by atoms with Crippen molar-refractivity contribution in [2.45, 2.75) is 25.9 Å². The highest BCUT2D eigenvalue weighted by Gasteiger charge is 2.12. The maximum atomic E-state index is 12.1. The molecule has 1 fully saturated rings. The summed E-state index contributed by atoms with van der Waals surface area (Å²) in [6.07, 6.45) is 1.91. The van der Waals surface area contributed by atoms with Gasteiger partial charge in [0.2, 0.25) is 0 Å². The molecule has 0 spiro atoms. The molecule has 1 aliphatic rings. The van der Waals surface area contributed by atoms with Gasteiger partial charge in [0.05, 0.1) is 13.2 Å². The average Bonchev–Trinajstić information content (AvgIpc) is 2.72. The smallest absolute Gasteiger partial charge is 0.315 e. The lowest BCUT2D eigenvalue weighted by atomic mass is 10.1. The standard InChI is InChI=1S/C22H29N3O2/c26-22(23-12-6-9-19-7-2-1-3-8-19)24-17-20-10-4-5-11-21(20)18-25-13-15-27-16-14-25/h1-5,7-8,10-11H,6,9,12-18H2,(H2,23,24,26). The number of hydrogen-bond donors (Lipinski definition) is 2. The molecule has 1 saturated heterocycles. The van der Waals surface area contributed by atoms with Gasteiger partial charge in [-0.2, -0.15) is 0 Å². The Morgan fingerprint density at radius 2 is 1.63 bits per heavy atom. The Kier molecular flexibility index (Phi) is 7.69. The first kappa shape index (κ1) is 19.4. The van der Waals surface area contributed by atoms with Crippen molar-refractivity contribution >= 4 is 6.03 Å².